The summed E-state index contributed by atoms with van der Waals surface area (Å²) in [4.78, 5) is 12.1. The summed E-state index contributed by atoms with van der Waals surface area (Å²) in [6.07, 6.45) is 1.53. The molecule has 0 radical (unpaired) electrons. The summed E-state index contributed by atoms with van der Waals surface area (Å²) < 4.78 is 2.04. The molecule has 0 aliphatic carbocycles. The summed E-state index contributed by atoms with van der Waals surface area (Å²) in [7, 11) is 1.68. The van der Waals surface area contributed by atoms with Crippen LogP contribution in [0.5, 0.6) is 0 Å². The second-order valence-corrected chi connectivity index (χ2v) is 5.05. The molecule has 1 heterocycles. The van der Waals surface area contributed by atoms with Crippen molar-refractivity contribution in [1.82, 2.24) is 9.78 Å². The molecule has 5 nitrogen and oxygen atoms in total. The van der Waals surface area contributed by atoms with E-state index in [1.165, 1.54) is 10.9 Å². The smallest absolute Gasteiger partial charge is 0.258 e. The summed E-state index contributed by atoms with van der Waals surface area (Å²) in [6, 6.07) is 6.80. The fraction of sp³-hybridized carbons (Fsp3) is 0.0833. The predicted molar refractivity (Wildman–Crippen MR) is 75.0 cm³/mol. The maximum atomic E-state index is 12.1. The van der Waals surface area contributed by atoms with Gasteiger partial charge in [0, 0.05) is 22.7 Å². The van der Waals surface area contributed by atoms with E-state index in [0.29, 0.717) is 20.6 Å². The average molecular weight is 340 g/mol. The van der Waals surface area contributed by atoms with Crippen LogP contribution in [0.1, 0.15) is 15.9 Å². The number of nitriles is 1. The highest BCUT2D eigenvalue weighted by Gasteiger charge is 2.14. The van der Waals surface area contributed by atoms with Gasteiger partial charge in [0.2, 0.25) is 0 Å². The van der Waals surface area contributed by atoms with Crippen LogP contribution in [0.4, 0.5) is 5.82 Å². The molecule has 0 fully saturated rings. The minimum Gasteiger partial charge on any atom is -0.304 e. The molecule has 7 heteroatoms. The number of nitrogens with one attached hydrogen (secondary N) is 1. The first kappa shape index (κ1) is 13.6. The van der Waals surface area contributed by atoms with Crippen molar-refractivity contribution in [3.63, 3.8) is 0 Å². The Morgan fingerprint density at radius 2 is 2.32 bits per heavy atom. The number of rotatable bonds is 2. The van der Waals surface area contributed by atoms with E-state index in [0.717, 1.165) is 0 Å². The van der Waals surface area contributed by atoms with Gasteiger partial charge >= 0.3 is 0 Å². The normalized spacial score (nSPS) is 10.0. The molecule has 1 N–H and O–H groups in total. The van der Waals surface area contributed by atoms with E-state index < -0.39 is 0 Å². The average Bonchev–Trinajstić information content (AvgIpc) is 2.69. The highest BCUT2D eigenvalue weighted by atomic mass is 79.9. The van der Waals surface area contributed by atoms with E-state index in [4.69, 9.17) is 16.9 Å². The Labute approximate surface area is 122 Å². The molecule has 0 aliphatic rings. The predicted octanol–water partition coefficient (Wildman–Crippen LogP) is 2.96. The second kappa shape index (κ2) is 5.43. The van der Waals surface area contributed by atoms with Crippen LogP contribution in [-0.4, -0.2) is 15.7 Å². The second-order valence-electron chi connectivity index (χ2n) is 3.76. The molecule has 0 saturated carbocycles. The van der Waals surface area contributed by atoms with Crippen molar-refractivity contribution in [3.05, 3.63) is 45.0 Å². The van der Waals surface area contributed by atoms with Gasteiger partial charge in [-0.25, -0.2) is 0 Å². The van der Waals surface area contributed by atoms with Gasteiger partial charge in [0.15, 0.2) is 5.82 Å². The Morgan fingerprint density at radius 3 is 2.95 bits per heavy atom. The maximum absolute atomic E-state index is 12.1. The van der Waals surface area contributed by atoms with Crippen LogP contribution in [0.15, 0.2) is 28.9 Å². The third-order valence-corrected chi connectivity index (χ3v) is 3.25. The molecule has 1 amide bonds. The summed E-state index contributed by atoms with van der Waals surface area (Å²) in [5, 5.41) is 16.1. The van der Waals surface area contributed by atoms with Crippen LogP contribution >= 0.6 is 27.5 Å². The molecule has 0 atom stereocenters. The maximum Gasteiger partial charge on any atom is 0.258 e. The molecule has 19 heavy (non-hydrogen) atoms. The first-order chi connectivity index (χ1) is 9.01. The molecular formula is C12H8BrClN4O. The van der Waals surface area contributed by atoms with Gasteiger partial charge in [-0.05, 0) is 34.1 Å². The Bertz CT molecular complexity index is 690. The molecule has 0 aliphatic heterocycles. The molecule has 2 aromatic rings. The van der Waals surface area contributed by atoms with E-state index >= 15 is 0 Å². The number of aromatic nitrogens is 2. The zero-order valence-electron chi connectivity index (χ0n) is 9.82. The van der Waals surface area contributed by atoms with E-state index in [1.54, 1.807) is 25.2 Å². The number of benzene rings is 1. The summed E-state index contributed by atoms with van der Waals surface area (Å²) in [6.45, 7) is 0. The molecule has 0 spiro atoms. The summed E-state index contributed by atoms with van der Waals surface area (Å²) in [5.74, 6) is -0.129. The lowest BCUT2D eigenvalue weighted by Gasteiger charge is -2.05. The number of carbonyl (C=O) groups excluding carboxylic acids is 1. The minimum absolute atomic E-state index is 0.233. The first-order valence-corrected chi connectivity index (χ1v) is 6.38. The lowest BCUT2D eigenvalue weighted by Crippen LogP contribution is -2.14. The number of nitrogens with zero attached hydrogens (tertiary/aromatic N) is 3. The van der Waals surface area contributed by atoms with Crippen molar-refractivity contribution < 1.29 is 4.79 Å². The zero-order valence-corrected chi connectivity index (χ0v) is 12.2. The third kappa shape index (κ3) is 2.95. The number of aryl methyl sites for hydroxylation is 1. The number of hydrogen-bond acceptors (Lipinski definition) is 3. The third-order valence-electron chi connectivity index (χ3n) is 2.36. The highest BCUT2D eigenvalue weighted by Crippen LogP contribution is 2.22. The highest BCUT2D eigenvalue weighted by molar-refractivity contribution is 9.10. The molecule has 0 unspecified atom stereocenters. The van der Waals surface area contributed by atoms with E-state index in [1.807, 2.05) is 6.07 Å². The van der Waals surface area contributed by atoms with Gasteiger partial charge in [0.05, 0.1) is 5.56 Å². The van der Waals surface area contributed by atoms with Crippen molar-refractivity contribution in [3.8, 4) is 6.07 Å². The van der Waals surface area contributed by atoms with Gasteiger partial charge in [-0.3, -0.25) is 9.48 Å². The number of carbonyl (C=O) groups is 1. The lowest BCUT2D eigenvalue weighted by molar-refractivity contribution is 0.102. The Hall–Kier alpha value is -1.84. The number of hydrogen-bond donors (Lipinski definition) is 1. The van der Waals surface area contributed by atoms with Crippen LogP contribution in [0.3, 0.4) is 0 Å². The van der Waals surface area contributed by atoms with Gasteiger partial charge in [-0.15, -0.1) is 0 Å². The number of anilines is 1. The van der Waals surface area contributed by atoms with Gasteiger partial charge in [0.1, 0.15) is 11.6 Å². The first-order valence-electron chi connectivity index (χ1n) is 5.21. The Balaban J connectivity index is 2.28. The Kier molecular flexibility index (Phi) is 3.88. The monoisotopic (exact) mass is 338 g/mol. The summed E-state index contributed by atoms with van der Waals surface area (Å²) in [5.41, 5.74) is 0.722. The van der Waals surface area contributed by atoms with E-state index in [-0.39, 0.29) is 11.7 Å². The largest absolute Gasteiger partial charge is 0.304 e. The van der Waals surface area contributed by atoms with Crippen molar-refractivity contribution >= 4 is 39.3 Å². The van der Waals surface area contributed by atoms with Gasteiger partial charge < -0.3 is 5.32 Å². The summed E-state index contributed by atoms with van der Waals surface area (Å²) >= 11 is 9.08. The van der Waals surface area contributed by atoms with E-state index in [9.17, 15) is 4.79 Å². The van der Waals surface area contributed by atoms with Crippen LogP contribution in [-0.2, 0) is 7.05 Å². The van der Waals surface area contributed by atoms with Gasteiger partial charge in [-0.2, -0.15) is 10.4 Å². The molecule has 1 aromatic heterocycles. The fourth-order valence-electron chi connectivity index (χ4n) is 1.51. The Morgan fingerprint density at radius 1 is 1.58 bits per heavy atom. The zero-order chi connectivity index (χ0) is 14.0. The molecule has 1 aromatic carbocycles. The number of halogens is 2. The van der Waals surface area contributed by atoms with Crippen molar-refractivity contribution in [2.45, 2.75) is 0 Å². The topological polar surface area (TPSA) is 70.7 Å². The van der Waals surface area contributed by atoms with Gasteiger partial charge in [0.25, 0.3) is 5.91 Å². The number of amides is 1. The van der Waals surface area contributed by atoms with Crippen molar-refractivity contribution in [2.75, 3.05) is 5.32 Å². The fourth-order valence-corrected chi connectivity index (χ4v) is 2.37. The minimum atomic E-state index is -0.362. The van der Waals surface area contributed by atoms with E-state index in [2.05, 4.69) is 26.3 Å². The standard InChI is InChI=1S/C12H8BrClN4O/c1-18-6-7(5-15)11(17-18)16-12(19)9-3-2-8(14)4-10(9)13/h2-4,6H,1H3,(H,16,17,19). The SMILES string of the molecule is Cn1cc(C#N)c(NC(=O)c2ccc(Cl)cc2Br)n1. The van der Waals surface area contributed by atoms with Crippen LogP contribution < -0.4 is 5.32 Å². The van der Waals surface area contributed by atoms with Crippen molar-refractivity contribution in [1.29, 1.82) is 5.26 Å². The van der Waals surface area contributed by atoms with Crippen LogP contribution in [0, 0.1) is 11.3 Å². The lowest BCUT2D eigenvalue weighted by atomic mass is 10.2. The molecule has 0 saturated heterocycles. The molecule has 2 rings (SSSR count). The molecular weight excluding hydrogens is 332 g/mol. The van der Waals surface area contributed by atoms with Crippen molar-refractivity contribution in [2.24, 2.45) is 7.05 Å². The van der Waals surface area contributed by atoms with Crippen LogP contribution in [0.25, 0.3) is 0 Å². The molecule has 96 valence electrons. The molecule has 0 bridgehead atoms. The van der Waals surface area contributed by atoms with Gasteiger partial charge in [-0.1, -0.05) is 11.6 Å². The quantitative estimate of drug-likeness (QED) is 0.914. The van der Waals surface area contributed by atoms with Crippen LogP contribution in [0.2, 0.25) is 5.02 Å².